The van der Waals surface area contributed by atoms with E-state index in [1.54, 1.807) is 7.11 Å². The number of aliphatic carboxylic acids is 1. The molecule has 33 heavy (non-hydrogen) atoms. The molecule has 3 aromatic carbocycles. The van der Waals surface area contributed by atoms with Gasteiger partial charge >= 0.3 is 5.97 Å². The number of H-pyrrole nitrogens is 1. The van der Waals surface area contributed by atoms with Gasteiger partial charge in [0.2, 0.25) is 0 Å². The second kappa shape index (κ2) is 9.00. The first-order valence-electron chi connectivity index (χ1n) is 11.2. The second-order valence-corrected chi connectivity index (χ2v) is 8.29. The third kappa shape index (κ3) is 4.05. The quantitative estimate of drug-likeness (QED) is 0.450. The Morgan fingerprint density at radius 3 is 2.24 bits per heavy atom. The van der Waals surface area contributed by atoms with Crippen molar-refractivity contribution in [3.63, 3.8) is 0 Å². The van der Waals surface area contributed by atoms with E-state index in [1.165, 1.54) is 0 Å². The zero-order valence-electron chi connectivity index (χ0n) is 18.6. The number of fused-ring (bicyclic) bond motifs is 1. The zero-order chi connectivity index (χ0) is 22.8. The number of ether oxygens (including phenoxy) is 1. The van der Waals surface area contributed by atoms with Crippen LogP contribution in [0.2, 0.25) is 0 Å². The fraction of sp³-hybridized carbons (Fsp3) is 0.222. The maximum absolute atomic E-state index is 12.7. The van der Waals surface area contributed by atoms with Gasteiger partial charge in [0, 0.05) is 48.3 Å². The highest BCUT2D eigenvalue weighted by Crippen LogP contribution is 2.38. The molecule has 1 aliphatic heterocycles. The fourth-order valence-corrected chi connectivity index (χ4v) is 4.77. The molecule has 0 amide bonds. The van der Waals surface area contributed by atoms with Crippen molar-refractivity contribution in [1.82, 2.24) is 9.88 Å². The predicted octanol–water partition coefficient (Wildman–Crippen LogP) is 4.79. The lowest BCUT2D eigenvalue weighted by atomic mass is 9.97. The molecule has 1 saturated heterocycles. The Labute approximate surface area is 193 Å². The number of nitrogens with one attached hydrogen (secondary N) is 1. The Bertz CT molecular complexity index is 1240. The van der Waals surface area contributed by atoms with E-state index in [1.807, 2.05) is 66.7 Å². The number of para-hydroxylation sites is 1. The van der Waals surface area contributed by atoms with E-state index in [0.29, 0.717) is 13.1 Å². The topological polar surface area (TPSA) is 68.8 Å². The zero-order valence-corrected chi connectivity index (χ0v) is 18.6. The van der Waals surface area contributed by atoms with Crippen molar-refractivity contribution in [2.24, 2.45) is 0 Å². The van der Waals surface area contributed by atoms with Crippen molar-refractivity contribution in [3.8, 4) is 17.0 Å². The van der Waals surface area contributed by atoms with Crippen molar-refractivity contribution in [2.75, 3.05) is 38.2 Å². The van der Waals surface area contributed by atoms with E-state index >= 15 is 0 Å². The van der Waals surface area contributed by atoms with Crippen molar-refractivity contribution in [1.29, 1.82) is 0 Å². The number of piperazine rings is 1. The van der Waals surface area contributed by atoms with Crippen LogP contribution < -0.4 is 9.64 Å². The van der Waals surface area contributed by atoms with Gasteiger partial charge in [-0.05, 0) is 35.9 Å². The molecule has 0 aliphatic carbocycles. The van der Waals surface area contributed by atoms with Crippen LogP contribution in [0.4, 0.5) is 5.69 Å². The number of hydrogen-bond donors (Lipinski definition) is 2. The second-order valence-electron chi connectivity index (χ2n) is 8.29. The van der Waals surface area contributed by atoms with Crippen molar-refractivity contribution in [2.45, 2.75) is 6.04 Å². The SMILES string of the molecule is COc1ccc(N2CCN([C@H](C(=O)O)c3c(-c4ccccc4)[nH]c4ccccc34)CC2)cc1. The van der Waals surface area contributed by atoms with E-state index in [4.69, 9.17) is 4.74 Å². The number of anilines is 1. The maximum Gasteiger partial charge on any atom is 0.325 e. The Morgan fingerprint density at radius 2 is 1.58 bits per heavy atom. The van der Waals surface area contributed by atoms with Crippen LogP contribution in [0, 0.1) is 0 Å². The number of benzene rings is 3. The molecule has 1 aromatic heterocycles. The summed E-state index contributed by atoms with van der Waals surface area (Å²) < 4.78 is 5.26. The lowest BCUT2D eigenvalue weighted by molar-refractivity contribution is -0.143. The van der Waals surface area contributed by atoms with Crippen molar-refractivity contribution in [3.05, 3.63) is 84.4 Å². The average Bonchev–Trinajstić information content (AvgIpc) is 3.24. The number of hydrogen-bond acceptors (Lipinski definition) is 4. The number of methoxy groups -OCH3 is 1. The summed E-state index contributed by atoms with van der Waals surface area (Å²) in [6, 6.07) is 25.2. The van der Waals surface area contributed by atoms with E-state index in [2.05, 4.69) is 26.9 Å². The standard InChI is InChI=1S/C27H27N3O3/c1-33-21-13-11-20(12-14-21)29-15-17-30(18-16-29)26(27(31)32)24-22-9-5-6-10-23(22)28-25(24)19-7-3-2-4-8-19/h2-14,26,28H,15-18H2,1H3,(H,31,32)/t26-/m0/s1. The lowest BCUT2D eigenvalue weighted by Gasteiger charge is -2.39. The minimum absolute atomic E-state index is 0.663. The molecule has 1 fully saturated rings. The van der Waals surface area contributed by atoms with Gasteiger partial charge in [-0.25, -0.2) is 0 Å². The Morgan fingerprint density at radius 1 is 0.909 bits per heavy atom. The summed E-state index contributed by atoms with van der Waals surface area (Å²) in [5, 5.41) is 11.3. The van der Waals surface area contributed by atoms with Gasteiger partial charge < -0.3 is 19.7 Å². The molecule has 0 bridgehead atoms. The molecule has 168 valence electrons. The molecule has 0 saturated carbocycles. The number of aromatic amines is 1. The normalized spacial score (nSPS) is 15.5. The van der Waals surface area contributed by atoms with Crippen LogP contribution in [0.25, 0.3) is 22.2 Å². The molecule has 6 nitrogen and oxygen atoms in total. The highest BCUT2D eigenvalue weighted by atomic mass is 16.5. The number of rotatable bonds is 6. The molecule has 2 N–H and O–H groups in total. The molecule has 2 heterocycles. The number of nitrogens with zero attached hydrogens (tertiary/aromatic N) is 2. The smallest absolute Gasteiger partial charge is 0.325 e. The van der Waals surface area contributed by atoms with Gasteiger partial charge in [-0.3, -0.25) is 9.69 Å². The monoisotopic (exact) mass is 441 g/mol. The van der Waals surface area contributed by atoms with Gasteiger partial charge in [-0.2, -0.15) is 0 Å². The minimum Gasteiger partial charge on any atom is -0.497 e. The first-order chi connectivity index (χ1) is 16.2. The lowest BCUT2D eigenvalue weighted by Crippen LogP contribution is -2.49. The number of carboxylic acid groups (broad SMARTS) is 1. The summed E-state index contributed by atoms with van der Waals surface area (Å²) in [5.74, 6) is 0.00550. The molecule has 1 atom stereocenters. The molecule has 1 aliphatic rings. The van der Waals surface area contributed by atoms with Crippen molar-refractivity contribution >= 4 is 22.6 Å². The molecular weight excluding hydrogens is 414 g/mol. The number of carbonyl (C=O) groups is 1. The summed E-state index contributed by atoms with van der Waals surface area (Å²) in [7, 11) is 1.66. The van der Waals surface area contributed by atoms with E-state index in [0.717, 1.165) is 52.3 Å². The van der Waals surface area contributed by atoms with Crippen LogP contribution in [-0.2, 0) is 4.79 Å². The molecule has 4 aromatic rings. The minimum atomic E-state index is -0.824. The Balaban J connectivity index is 1.47. The summed E-state index contributed by atoms with van der Waals surface area (Å²) in [6.45, 7) is 2.85. The highest BCUT2D eigenvalue weighted by molar-refractivity contribution is 5.95. The summed E-state index contributed by atoms with van der Waals surface area (Å²) >= 11 is 0. The predicted molar refractivity (Wildman–Crippen MR) is 131 cm³/mol. The first-order valence-corrected chi connectivity index (χ1v) is 11.2. The van der Waals surface area contributed by atoms with Gasteiger partial charge in [0.25, 0.3) is 0 Å². The van der Waals surface area contributed by atoms with Gasteiger partial charge in [0.05, 0.1) is 12.8 Å². The van der Waals surface area contributed by atoms with Crippen LogP contribution in [0.1, 0.15) is 11.6 Å². The van der Waals surface area contributed by atoms with Crippen LogP contribution >= 0.6 is 0 Å². The summed E-state index contributed by atoms with van der Waals surface area (Å²) in [5.41, 5.74) is 4.78. The summed E-state index contributed by atoms with van der Waals surface area (Å²) in [4.78, 5) is 20.5. The molecule has 0 unspecified atom stereocenters. The van der Waals surface area contributed by atoms with Crippen LogP contribution in [0.5, 0.6) is 5.75 Å². The largest absolute Gasteiger partial charge is 0.497 e. The van der Waals surface area contributed by atoms with Crippen LogP contribution in [0.3, 0.4) is 0 Å². The highest BCUT2D eigenvalue weighted by Gasteiger charge is 2.34. The van der Waals surface area contributed by atoms with Gasteiger partial charge in [-0.1, -0.05) is 48.5 Å². The van der Waals surface area contributed by atoms with Gasteiger partial charge in [0.15, 0.2) is 0 Å². The fourth-order valence-electron chi connectivity index (χ4n) is 4.77. The maximum atomic E-state index is 12.7. The number of aromatic nitrogens is 1. The van der Waals surface area contributed by atoms with Crippen LogP contribution in [0.15, 0.2) is 78.9 Å². The Hall–Kier alpha value is -3.77. The molecule has 5 rings (SSSR count). The first kappa shape index (κ1) is 21.1. The average molecular weight is 442 g/mol. The van der Waals surface area contributed by atoms with E-state index in [9.17, 15) is 9.90 Å². The van der Waals surface area contributed by atoms with Crippen molar-refractivity contribution < 1.29 is 14.6 Å². The van der Waals surface area contributed by atoms with E-state index < -0.39 is 12.0 Å². The molecule has 6 heteroatoms. The van der Waals surface area contributed by atoms with Crippen LogP contribution in [-0.4, -0.2) is 54.2 Å². The summed E-state index contributed by atoms with van der Waals surface area (Å²) in [6.07, 6.45) is 0. The molecular formula is C27H27N3O3. The Kier molecular flexibility index (Phi) is 5.75. The van der Waals surface area contributed by atoms with E-state index in [-0.39, 0.29) is 0 Å². The van der Waals surface area contributed by atoms with Gasteiger partial charge in [-0.15, -0.1) is 0 Å². The molecule has 0 spiro atoms. The third-order valence-electron chi connectivity index (χ3n) is 6.43. The molecule has 0 radical (unpaired) electrons. The third-order valence-corrected chi connectivity index (χ3v) is 6.43. The number of carboxylic acids is 1. The van der Waals surface area contributed by atoms with Gasteiger partial charge in [0.1, 0.15) is 11.8 Å².